The number of benzene rings is 1. The van der Waals surface area contributed by atoms with Gasteiger partial charge in [0.15, 0.2) is 6.10 Å². The first-order chi connectivity index (χ1) is 8.69. The minimum Gasteiger partial charge on any atom is -0.494 e. The van der Waals surface area contributed by atoms with Gasteiger partial charge in [0.2, 0.25) is 0 Å². The zero-order chi connectivity index (χ0) is 13.4. The normalized spacial score (nSPS) is 13.7. The molecular weight excluding hydrogens is 230 g/mol. The van der Waals surface area contributed by atoms with Gasteiger partial charge in [-0.15, -0.1) is 0 Å². The highest BCUT2D eigenvalue weighted by Gasteiger charge is 2.17. The van der Waals surface area contributed by atoms with E-state index in [0.717, 1.165) is 25.0 Å². The first-order valence-electron chi connectivity index (χ1n) is 6.17. The van der Waals surface area contributed by atoms with E-state index in [9.17, 15) is 10.2 Å². The lowest BCUT2D eigenvalue weighted by Gasteiger charge is -2.12. The summed E-state index contributed by atoms with van der Waals surface area (Å²) in [7, 11) is 0. The molecule has 1 aromatic rings. The zero-order valence-corrected chi connectivity index (χ0v) is 10.5. The molecule has 0 fully saturated rings. The summed E-state index contributed by atoms with van der Waals surface area (Å²) in [4.78, 5) is 0. The van der Waals surface area contributed by atoms with Gasteiger partial charge in [-0.25, -0.2) is 0 Å². The van der Waals surface area contributed by atoms with E-state index < -0.39 is 12.2 Å². The van der Waals surface area contributed by atoms with Gasteiger partial charge in [-0.1, -0.05) is 31.9 Å². The first kappa shape index (κ1) is 14.5. The van der Waals surface area contributed by atoms with Crippen LogP contribution in [0.15, 0.2) is 24.3 Å². The van der Waals surface area contributed by atoms with Crippen molar-refractivity contribution in [1.82, 2.24) is 0 Å². The second kappa shape index (κ2) is 7.70. The van der Waals surface area contributed by atoms with E-state index in [-0.39, 0.29) is 0 Å². The van der Waals surface area contributed by atoms with Crippen molar-refractivity contribution >= 4 is 0 Å². The first-order valence-corrected chi connectivity index (χ1v) is 6.17. The van der Waals surface area contributed by atoms with E-state index in [1.54, 1.807) is 30.3 Å². The lowest BCUT2D eigenvalue weighted by Crippen LogP contribution is -2.15. The van der Waals surface area contributed by atoms with Crippen molar-refractivity contribution in [3.63, 3.8) is 0 Å². The molecule has 0 heterocycles. The van der Waals surface area contributed by atoms with Gasteiger partial charge < -0.3 is 14.9 Å². The summed E-state index contributed by atoms with van der Waals surface area (Å²) >= 11 is 0. The van der Waals surface area contributed by atoms with Gasteiger partial charge in [0.25, 0.3) is 0 Å². The molecule has 4 heteroatoms. The highest BCUT2D eigenvalue weighted by molar-refractivity contribution is 5.29. The molecule has 1 rings (SSSR count). The van der Waals surface area contributed by atoms with Crippen LogP contribution in [0.2, 0.25) is 0 Å². The van der Waals surface area contributed by atoms with Crippen LogP contribution in [0.4, 0.5) is 0 Å². The maximum absolute atomic E-state index is 9.61. The molecule has 2 unspecified atom stereocenters. The third kappa shape index (κ3) is 4.36. The van der Waals surface area contributed by atoms with E-state index in [4.69, 9.17) is 10.00 Å². The fourth-order valence-corrected chi connectivity index (χ4v) is 1.56. The van der Waals surface area contributed by atoms with E-state index >= 15 is 0 Å². The van der Waals surface area contributed by atoms with Crippen molar-refractivity contribution in [3.05, 3.63) is 29.8 Å². The predicted octanol–water partition coefficient (Wildman–Crippen LogP) is 2.17. The molecule has 2 N–H and O–H groups in total. The summed E-state index contributed by atoms with van der Waals surface area (Å²) < 4.78 is 5.52. The Morgan fingerprint density at radius 1 is 1.22 bits per heavy atom. The Hall–Kier alpha value is -1.57. The van der Waals surface area contributed by atoms with Crippen LogP contribution < -0.4 is 4.74 Å². The molecule has 98 valence electrons. The Balaban J connectivity index is 2.50. The number of unbranched alkanes of at least 4 members (excludes halogenated alkanes) is 2. The topological polar surface area (TPSA) is 73.5 Å². The van der Waals surface area contributed by atoms with Crippen molar-refractivity contribution in [2.24, 2.45) is 0 Å². The highest BCUT2D eigenvalue weighted by atomic mass is 16.5. The average Bonchev–Trinajstić information content (AvgIpc) is 2.42. The van der Waals surface area contributed by atoms with E-state index in [1.807, 2.05) is 0 Å². The Bertz CT molecular complexity index is 383. The number of rotatable bonds is 7. The summed E-state index contributed by atoms with van der Waals surface area (Å²) in [5.41, 5.74) is 0.505. The number of hydrogen-bond acceptors (Lipinski definition) is 4. The number of nitrogens with zero attached hydrogens (tertiary/aromatic N) is 1. The molecule has 0 amide bonds. The van der Waals surface area contributed by atoms with Gasteiger partial charge >= 0.3 is 0 Å². The number of aliphatic hydroxyl groups is 2. The fraction of sp³-hybridized carbons (Fsp3) is 0.500. The van der Waals surface area contributed by atoms with Crippen LogP contribution in [0.5, 0.6) is 5.75 Å². The van der Waals surface area contributed by atoms with Crippen molar-refractivity contribution in [1.29, 1.82) is 5.26 Å². The van der Waals surface area contributed by atoms with Crippen molar-refractivity contribution in [2.75, 3.05) is 6.61 Å². The summed E-state index contributed by atoms with van der Waals surface area (Å²) in [6, 6.07) is 8.37. The molecule has 0 saturated heterocycles. The molecule has 0 saturated carbocycles. The zero-order valence-electron chi connectivity index (χ0n) is 10.5. The highest BCUT2D eigenvalue weighted by Crippen LogP contribution is 2.20. The maximum atomic E-state index is 9.61. The maximum Gasteiger partial charge on any atom is 0.170 e. The van der Waals surface area contributed by atoms with Crippen LogP contribution >= 0.6 is 0 Å². The molecule has 2 atom stereocenters. The van der Waals surface area contributed by atoms with E-state index in [0.29, 0.717) is 12.2 Å². The summed E-state index contributed by atoms with van der Waals surface area (Å²) in [5.74, 6) is 0.730. The SMILES string of the molecule is CCCCCOc1ccc(C(O)C(O)C#N)cc1. The van der Waals surface area contributed by atoms with E-state index in [2.05, 4.69) is 6.92 Å². The molecule has 0 aliphatic rings. The van der Waals surface area contributed by atoms with Crippen LogP contribution in [0.25, 0.3) is 0 Å². The summed E-state index contributed by atoms with van der Waals surface area (Å²) in [6.07, 6.45) is 0.741. The van der Waals surface area contributed by atoms with Gasteiger partial charge in [-0.05, 0) is 24.1 Å². The predicted molar refractivity (Wildman–Crippen MR) is 68.0 cm³/mol. The third-order valence-electron chi connectivity index (χ3n) is 2.67. The average molecular weight is 249 g/mol. The molecular formula is C14H19NO3. The van der Waals surface area contributed by atoms with Gasteiger partial charge in [0.05, 0.1) is 12.7 Å². The van der Waals surface area contributed by atoms with Crippen molar-refractivity contribution in [2.45, 2.75) is 38.4 Å². The molecule has 0 aromatic heterocycles. The van der Waals surface area contributed by atoms with Gasteiger partial charge in [-0.2, -0.15) is 5.26 Å². The minimum atomic E-state index is -1.40. The monoisotopic (exact) mass is 249 g/mol. The van der Waals surface area contributed by atoms with Crippen LogP contribution in [0.3, 0.4) is 0 Å². The second-order valence-electron chi connectivity index (χ2n) is 4.14. The standard InChI is InChI=1S/C14H19NO3/c1-2-3-4-9-18-12-7-5-11(6-8-12)14(17)13(16)10-15/h5-8,13-14,16-17H,2-4,9H2,1H3. The van der Waals surface area contributed by atoms with Crippen LogP contribution in [0.1, 0.15) is 37.9 Å². The lowest BCUT2D eigenvalue weighted by atomic mass is 10.1. The van der Waals surface area contributed by atoms with Gasteiger partial charge in [0, 0.05) is 0 Å². The molecule has 4 nitrogen and oxygen atoms in total. The molecule has 18 heavy (non-hydrogen) atoms. The number of ether oxygens (including phenoxy) is 1. The quantitative estimate of drug-likeness (QED) is 0.573. The number of hydrogen-bond donors (Lipinski definition) is 2. The van der Waals surface area contributed by atoms with Gasteiger partial charge in [-0.3, -0.25) is 0 Å². The molecule has 0 bridgehead atoms. The molecule has 0 aliphatic heterocycles. The second-order valence-corrected chi connectivity index (χ2v) is 4.14. The molecule has 0 spiro atoms. The number of nitriles is 1. The Morgan fingerprint density at radius 2 is 1.89 bits per heavy atom. The minimum absolute atomic E-state index is 0.505. The molecule has 1 aromatic carbocycles. The fourth-order valence-electron chi connectivity index (χ4n) is 1.56. The smallest absolute Gasteiger partial charge is 0.170 e. The lowest BCUT2D eigenvalue weighted by molar-refractivity contribution is 0.0527. The summed E-state index contributed by atoms with van der Waals surface area (Å²) in [5, 5.41) is 27.3. The Kier molecular flexibility index (Phi) is 6.20. The van der Waals surface area contributed by atoms with E-state index in [1.165, 1.54) is 0 Å². The number of aliphatic hydroxyl groups excluding tert-OH is 2. The van der Waals surface area contributed by atoms with Crippen LogP contribution in [-0.2, 0) is 0 Å². The summed E-state index contributed by atoms with van der Waals surface area (Å²) in [6.45, 7) is 2.81. The van der Waals surface area contributed by atoms with Crippen molar-refractivity contribution in [3.8, 4) is 11.8 Å². The molecule has 0 radical (unpaired) electrons. The Morgan fingerprint density at radius 3 is 2.44 bits per heavy atom. The largest absolute Gasteiger partial charge is 0.494 e. The molecule has 0 aliphatic carbocycles. The van der Waals surface area contributed by atoms with Crippen LogP contribution in [-0.4, -0.2) is 22.9 Å². The van der Waals surface area contributed by atoms with Crippen molar-refractivity contribution < 1.29 is 14.9 Å². The van der Waals surface area contributed by atoms with Gasteiger partial charge in [0.1, 0.15) is 11.9 Å². The third-order valence-corrected chi connectivity index (χ3v) is 2.67. The van der Waals surface area contributed by atoms with Crippen LogP contribution in [0, 0.1) is 11.3 Å². The Labute approximate surface area is 107 Å².